The Bertz CT molecular complexity index is 765. The van der Waals surface area contributed by atoms with E-state index in [1.54, 1.807) is 31.5 Å². The number of nitrogens with one attached hydrogen (secondary N) is 1. The minimum absolute atomic E-state index is 0.0511. The molecule has 1 amide bonds. The van der Waals surface area contributed by atoms with E-state index < -0.39 is 0 Å². The molecule has 0 aliphatic heterocycles. The molecule has 5 heteroatoms. The van der Waals surface area contributed by atoms with Crippen LogP contribution in [0.5, 0.6) is 0 Å². The van der Waals surface area contributed by atoms with Gasteiger partial charge < -0.3 is 10.3 Å². The number of carbonyl (C=O) groups is 2. The third-order valence-electron chi connectivity index (χ3n) is 4.75. The largest absolute Gasteiger partial charge is 0.348 e. The Labute approximate surface area is 215 Å². The molecule has 1 aromatic heterocycles. The number of aromatic nitrogens is 1. The molecule has 0 radical (unpaired) electrons. The third-order valence-corrected chi connectivity index (χ3v) is 4.75. The maximum atomic E-state index is 12.0. The van der Waals surface area contributed by atoms with Crippen LogP contribution in [0.3, 0.4) is 0 Å². The highest BCUT2D eigenvalue weighted by Crippen LogP contribution is 2.28. The molecule has 5 nitrogen and oxygen atoms in total. The van der Waals surface area contributed by atoms with E-state index in [2.05, 4.69) is 28.8 Å². The minimum atomic E-state index is -0.227. The maximum absolute atomic E-state index is 12.0. The summed E-state index contributed by atoms with van der Waals surface area (Å²) in [6, 6.07) is 3.46. The van der Waals surface area contributed by atoms with Crippen molar-refractivity contribution in [3.63, 3.8) is 0 Å². The van der Waals surface area contributed by atoms with Crippen molar-refractivity contribution in [3.05, 3.63) is 60.0 Å². The van der Waals surface area contributed by atoms with Gasteiger partial charge in [0.1, 0.15) is 0 Å². The number of rotatable bonds is 7. The van der Waals surface area contributed by atoms with Crippen LogP contribution in [-0.4, -0.2) is 36.5 Å². The molecule has 198 valence electrons. The fourth-order valence-electron chi connectivity index (χ4n) is 2.60. The second-order valence-corrected chi connectivity index (χ2v) is 7.45. The first-order valence-corrected chi connectivity index (χ1v) is 12.9. The molecule has 2 rings (SSSR count). The van der Waals surface area contributed by atoms with Crippen molar-refractivity contribution in [1.29, 1.82) is 0 Å². The number of carbonyl (C=O) groups excluding carboxylic acids is 2. The van der Waals surface area contributed by atoms with E-state index in [0.717, 1.165) is 22.8 Å². The fraction of sp³-hybridized carbons (Fsp3) is 0.533. The molecular weight excluding hydrogens is 434 g/mol. The quantitative estimate of drug-likeness (QED) is 0.242. The normalized spacial score (nSPS) is 12.3. The highest BCUT2D eigenvalue weighted by Gasteiger charge is 2.13. The smallest absolute Gasteiger partial charge is 0.253 e. The molecule has 1 heterocycles. The first-order valence-electron chi connectivity index (χ1n) is 12.9. The standard InChI is InChI=1S/C17H20N2O2.C6H12.C3H7N.2C2H6/c1-5-6-14(9-13(4)20)10-19-17(21)15-7-8-16(12(2)3)18-11-15;1-2-6-4-3-5-6;1-3-4-2;2*1-2/h5-9,11H,2,10H2,1,3-4H3,(H,19,21);6H,2-5H2,1H3;3H,1-2H3;2*1-2H3/b6-5-,14-9+;;;;. The van der Waals surface area contributed by atoms with Gasteiger partial charge in [-0.2, -0.15) is 0 Å². The van der Waals surface area contributed by atoms with Gasteiger partial charge in [-0.05, 0) is 69.2 Å². The molecule has 0 bridgehead atoms. The van der Waals surface area contributed by atoms with Crippen molar-refractivity contribution in [2.45, 2.75) is 88.0 Å². The molecule has 1 aromatic rings. The Morgan fingerprint density at radius 1 is 1.14 bits per heavy atom. The van der Waals surface area contributed by atoms with Gasteiger partial charge in [0, 0.05) is 19.8 Å². The predicted octanol–water partition coefficient (Wildman–Crippen LogP) is 7.89. The lowest BCUT2D eigenvalue weighted by molar-refractivity contribution is -0.112. The van der Waals surface area contributed by atoms with Gasteiger partial charge in [0.25, 0.3) is 5.91 Å². The van der Waals surface area contributed by atoms with Crippen molar-refractivity contribution in [1.82, 2.24) is 10.3 Å². The molecular formula is C30H51N3O2. The molecule has 0 aromatic carbocycles. The minimum Gasteiger partial charge on any atom is -0.348 e. The molecule has 0 unspecified atom stereocenters. The van der Waals surface area contributed by atoms with Crippen LogP contribution in [0.1, 0.15) is 104 Å². The summed E-state index contributed by atoms with van der Waals surface area (Å²) in [5, 5.41) is 2.76. The Morgan fingerprint density at radius 2 is 1.71 bits per heavy atom. The summed E-state index contributed by atoms with van der Waals surface area (Å²) in [6.07, 6.45) is 14.3. The number of aliphatic imine (C=N–C) groups is 1. The van der Waals surface area contributed by atoms with Gasteiger partial charge in [-0.3, -0.25) is 14.6 Å². The van der Waals surface area contributed by atoms with Gasteiger partial charge in [0.05, 0.1) is 11.3 Å². The summed E-state index contributed by atoms with van der Waals surface area (Å²) in [5.74, 6) is 0.838. The van der Waals surface area contributed by atoms with Crippen molar-refractivity contribution >= 4 is 23.5 Å². The first-order chi connectivity index (χ1) is 16.8. The van der Waals surface area contributed by atoms with Gasteiger partial charge in [-0.15, -0.1) is 0 Å². The van der Waals surface area contributed by atoms with Crippen LogP contribution >= 0.6 is 0 Å². The molecule has 1 N–H and O–H groups in total. The molecule has 0 spiro atoms. The Morgan fingerprint density at radius 3 is 2.00 bits per heavy atom. The van der Waals surface area contributed by atoms with Crippen molar-refractivity contribution in [2.24, 2.45) is 10.9 Å². The second-order valence-electron chi connectivity index (χ2n) is 7.45. The van der Waals surface area contributed by atoms with Crippen LogP contribution in [0, 0.1) is 5.92 Å². The van der Waals surface area contributed by atoms with Crippen molar-refractivity contribution in [3.8, 4) is 0 Å². The van der Waals surface area contributed by atoms with E-state index in [-0.39, 0.29) is 11.7 Å². The number of nitrogens with zero attached hydrogens (tertiary/aromatic N) is 2. The van der Waals surface area contributed by atoms with E-state index in [4.69, 9.17) is 0 Å². The maximum Gasteiger partial charge on any atom is 0.253 e. The van der Waals surface area contributed by atoms with Crippen molar-refractivity contribution < 1.29 is 9.59 Å². The van der Waals surface area contributed by atoms with Gasteiger partial charge in [-0.1, -0.05) is 79.0 Å². The molecule has 0 saturated heterocycles. The summed E-state index contributed by atoms with van der Waals surface area (Å²) < 4.78 is 0. The third kappa shape index (κ3) is 20.3. The Kier molecular flexibility index (Phi) is 27.1. The number of amides is 1. The topological polar surface area (TPSA) is 71.4 Å². The van der Waals surface area contributed by atoms with Gasteiger partial charge in [0.2, 0.25) is 0 Å². The zero-order valence-corrected chi connectivity index (χ0v) is 24.1. The lowest BCUT2D eigenvalue weighted by atomic mass is 9.84. The van der Waals surface area contributed by atoms with E-state index in [0.29, 0.717) is 12.1 Å². The predicted molar refractivity (Wildman–Crippen MR) is 155 cm³/mol. The van der Waals surface area contributed by atoms with Crippen molar-refractivity contribution in [2.75, 3.05) is 13.6 Å². The fourth-order valence-corrected chi connectivity index (χ4v) is 2.60. The lowest BCUT2D eigenvalue weighted by Crippen LogP contribution is -2.25. The van der Waals surface area contributed by atoms with Gasteiger partial charge in [-0.25, -0.2) is 0 Å². The SMILES string of the molecule is C=C(C)c1ccc(C(=O)NCC(/C=C\C)=C/C(C)=O)cn1.CC.CC.CC=NC.CCC1CCC1. The van der Waals surface area contributed by atoms with Gasteiger partial charge >= 0.3 is 0 Å². The number of hydrogen-bond donors (Lipinski definition) is 1. The highest BCUT2D eigenvalue weighted by atomic mass is 16.1. The van der Waals surface area contributed by atoms with Crippen LogP contribution in [-0.2, 0) is 4.79 Å². The zero-order chi connectivity index (χ0) is 27.6. The average Bonchev–Trinajstić information content (AvgIpc) is 2.84. The summed E-state index contributed by atoms with van der Waals surface area (Å²) in [6.45, 7) is 21.5. The number of pyridine rings is 1. The number of hydrogen-bond acceptors (Lipinski definition) is 4. The van der Waals surface area contributed by atoms with E-state index in [9.17, 15) is 9.59 Å². The van der Waals surface area contributed by atoms with Crippen LogP contribution in [0.4, 0.5) is 0 Å². The molecule has 0 atom stereocenters. The molecule has 35 heavy (non-hydrogen) atoms. The molecule has 1 saturated carbocycles. The summed E-state index contributed by atoms with van der Waals surface area (Å²) >= 11 is 0. The highest BCUT2D eigenvalue weighted by molar-refractivity contribution is 5.94. The first kappa shape index (κ1) is 36.7. The molecule has 1 fully saturated rings. The Balaban J connectivity index is -0.000000597. The zero-order valence-electron chi connectivity index (χ0n) is 24.1. The number of ketones is 1. The molecule has 1 aliphatic carbocycles. The Hall–Kier alpha value is -2.82. The summed E-state index contributed by atoms with van der Waals surface area (Å²) in [5.41, 5.74) is 2.84. The van der Waals surface area contributed by atoms with E-state index in [1.807, 2.05) is 54.5 Å². The summed E-state index contributed by atoms with van der Waals surface area (Å²) in [7, 11) is 1.75. The molecule has 1 aliphatic rings. The summed E-state index contributed by atoms with van der Waals surface area (Å²) in [4.78, 5) is 30.9. The van der Waals surface area contributed by atoms with Crippen LogP contribution in [0.2, 0.25) is 0 Å². The van der Waals surface area contributed by atoms with Crippen LogP contribution < -0.4 is 5.32 Å². The number of allylic oxidation sites excluding steroid dienone is 3. The van der Waals surface area contributed by atoms with E-state index >= 15 is 0 Å². The van der Waals surface area contributed by atoms with E-state index in [1.165, 1.54) is 44.9 Å². The van der Waals surface area contributed by atoms with Crippen LogP contribution in [0.25, 0.3) is 5.57 Å². The van der Waals surface area contributed by atoms with Crippen LogP contribution in [0.15, 0.2) is 53.7 Å². The second kappa shape index (κ2) is 25.8. The average molecular weight is 486 g/mol. The van der Waals surface area contributed by atoms with Gasteiger partial charge in [0.15, 0.2) is 5.78 Å². The lowest BCUT2D eigenvalue weighted by Gasteiger charge is -2.22. The monoisotopic (exact) mass is 485 g/mol.